The van der Waals surface area contributed by atoms with Crippen molar-refractivity contribution in [1.82, 2.24) is 19.6 Å². The Kier molecular flexibility index (Phi) is 5.18. The third-order valence-electron chi connectivity index (χ3n) is 5.03. The number of aromatic nitrogens is 3. The Morgan fingerprint density at radius 2 is 2.08 bits per heavy atom. The van der Waals surface area contributed by atoms with Crippen molar-refractivity contribution >= 4 is 5.78 Å². The molecule has 0 aromatic carbocycles. The second-order valence-corrected chi connectivity index (χ2v) is 6.84. The molecule has 1 fully saturated rings. The first-order valence-corrected chi connectivity index (χ1v) is 8.83. The molecule has 1 aliphatic rings. The van der Waals surface area contributed by atoms with Crippen molar-refractivity contribution in [1.29, 1.82) is 0 Å². The van der Waals surface area contributed by atoms with Crippen molar-refractivity contribution in [3.63, 3.8) is 0 Å². The van der Waals surface area contributed by atoms with Crippen molar-refractivity contribution in [2.45, 2.75) is 46.1 Å². The number of hydrogen-bond acceptors (Lipinski definition) is 5. The standard InChI is InChI=1S/C19H26N4O2/c1-5-8-23-13(2)11-17(14(23)3)18(24)12-22-9-6-16(7-10-22)19-20-15(4)21-25-19/h5,11,16H,1,6-10,12H2,2-4H3. The van der Waals surface area contributed by atoms with E-state index in [0.29, 0.717) is 18.3 Å². The van der Waals surface area contributed by atoms with E-state index >= 15 is 0 Å². The van der Waals surface area contributed by atoms with E-state index in [2.05, 4.69) is 26.2 Å². The molecule has 2 aromatic rings. The van der Waals surface area contributed by atoms with E-state index < -0.39 is 0 Å². The number of likely N-dealkylation sites (tertiary alicyclic amines) is 1. The van der Waals surface area contributed by atoms with Crippen LogP contribution in [0.1, 0.15) is 52.2 Å². The van der Waals surface area contributed by atoms with Gasteiger partial charge in [-0.25, -0.2) is 0 Å². The van der Waals surface area contributed by atoms with Gasteiger partial charge >= 0.3 is 0 Å². The summed E-state index contributed by atoms with van der Waals surface area (Å²) in [4.78, 5) is 19.3. The van der Waals surface area contributed by atoms with Crippen LogP contribution in [0.3, 0.4) is 0 Å². The summed E-state index contributed by atoms with van der Waals surface area (Å²) in [6, 6.07) is 2.00. The Morgan fingerprint density at radius 1 is 1.36 bits per heavy atom. The van der Waals surface area contributed by atoms with Crippen LogP contribution in [0.15, 0.2) is 23.2 Å². The van der Waals surface area contributed by atoms with E-state index in [-0.39, 0.29) is 5.78 Å². The summed E-state index contributed by atoms with van der Waals surface area (Å²) in [5, 5.41) is 3.87. The molecule has 0 unspecified atom stereocenters. The van der Waals surface area contributed by atoms with Crippen LogP contribution in [0.5, 0.6) is 0 Å². The average molecular weight is 342 g/mol. The first-order chi connectivity index (χ1) is 12.0. The van der Waals surface area contributed by atoms with E-state index in [9.17, 15) is 4.79 Å². The minimum absolute atomic E-state index is 0.190. The lowest BCUT2D eigenvalue weighted by molar-refractivity contribution is 0.0904. The van der Waals surface area contributed by atoms with Gasteiger partial charge in [-0.05, 0) is 52.8 Å². The molecule has 134 valence electrons. The third-order valence-corrected chi connectivity index (χ3v) is 5.03. The highest BCUT2D eigenvalue weighted by Gasteiger charge is 2.26. The van der Waals surface area contributed by atoms with Gasteiger partial charge in [0.15, 0.2) is 11.6 Å². The number of nitrogens with zero attached hydrogens (tertiary/aromatic N) is 4. The van der Waals surface area contributed by atoms with Gasteiger partial charge in [0.05, 0.1) is 6.54 Å². The second-order valence-electron chi connectivity index (χ2n) is 6.84. The number of carbonyl (C=O) groups is 1. The van der Waals surface area contributed by atoms with Crippen LogP contribution in [0.2, 0.25) is 0 Å². The Balaban J connectivity index is 1.59. The highest BCUT2D eigenvalue weighted by Crippen LogP contribution is 2.27. The summed E-state index contributed by atoms with van der Waals surface area (Å²) in [6.07, 6.45) is 3.76. The lowest BCUT2D eigenvalue weighted by atomic mass is 9.96. The van der Waals surface area contributed by atoms with E-state index in [4.69, 9.17) is 4.52 Å². The number of rotatable bonds is 6. The predicted octanol–water partition coefficient (Wildman–Crippen LogP) is 3.04. The highest BCUT2D eigenvalue weighted by molar-refractivity contribution is 5.99. The highest BCUT2D eigenvalue weighted by atomic mass is 16.5. The molecule has 0 bridgehead atoms. The van der Waals surface area contributed by atoms with Crippen LogP contribution < -0.4 is 0 Å². The van der Waals surface area contributed by atoms with Crippen molar-refractivity contribution in [2.75, 3.05) is 19.6 Å². The summed E-state index contributed by atoms with van der Waals surface area (Å²) in [6.45, 7) is 12.6. The molecular weight excluding hydrogens is 316 g/mol. The first-order valence-electron chi connectivity index (χ1n) is 8.83. The molecular formula is C19H26N4O2. The third kappa shape index (κ3) is 3.74. The van der Waals surface area contributed by atoms with Crippen molar-refractivity contribution < 1.29 is 9.32 Å². The number of ketones is 1. The van der Waals surface area contributed by atoms with Crippen molar-refractivity contribution in [3.05, 3.63) is 47.4 Å². The normalized spacial score (nSPS) is 16.3. The maximum atomic E-state index is 12.7. The van der Waals surface area contributed by atoms with E-state index in [0.717, 1.165) is 55.3 Å². The molecule has 0 saturated carbocycles. The number of piperidine rings is 1. The van der Waals surface area contributed by atoms with Gasteiger partial charge in [0.1, 0.15) is 0 Å². The quantitative estimate of drug-likeness (QED) is 0.596. The predicted molar refractivity (Wildman–Crippen MR) is 95.9 cm³/mol. The Morgan fingerprint density at radius 3 is 2.68 bits per heavy atom. The van der Waals surface area contributed by atoms with Gasteiger partial charge in [-0.3, -0.25) is 9.69 Å². The van der Waals surface area contributed by atoms with Crippen LogP contribution >= 0.6 is 0 Å². The summed E-state index contributed by atoms with van der Waals surface area (Å²) in [7, 11) is 0. The van der Waals surface area contributed by atoms with E-state index in [1.54, 1.807) is 0 Å². The minimum Gasteiger partial charge on any atom is -0.345 e. The molecule has 1 saturated heterocycles. The summed E-state index contributed by atoms with van der Waals surface area (Å²) in [5.41, 5.74) is 2.96. The molecule has 6 nitrogen and oxygen atoms in total. The maximum absolute atomic E-state index is 12.7. The van der Waals surface area contributed by atoms with Gasteiger partial charge in [-0.2, -0.15) is 4.98 Å². The molecule has 0 N–H and O–H groups in total. The number of allylic oxidation sites excluding steroid dienone is 1. The molecule has 0 aliphatic carbocycles. The Labute approximate surface area is 148 Å². The van der Waals surface area contributed by atoms with Crippen molar-refractivity contribution in [2.24, 2.45) is 0 Å². The minimum atomic E-state index is 0.190. The average Bonchev–Trinajstić information content (AvgIpc) is 3.14. The van der Waals surface area contributed by atoms with Crippen LogP contribution in [-0.2, 0) is 6.54 Å². The summed E-state index contributed by atoms with van der Waals surface area (Å²) >= 11 is 0. The number of aryl methyl sites for hydroxylation is 2. The van der Waals surface area contributed by atoms with Crippen molar-refractivity contribution in [3.8, 4) is 0 Å². The zero-order valence-corrected chi connectivity index (χ0v) is 15.3. The fraction of sp³-hybridized carbons (Fsp3) is 0.526. The zero-order chi connectivity index (χ0) is 18.0. The van der Waals surface area contributed by atoms with Gasteiger partial charge in [0.2, 0.25) is 5.89 Å². The Hall–Kier alpha value is -2.21. The fourth-order valence-electron chi connectivity index (χ4n) is 3.60. The zero-order valence-electron chi connectivity index (χ0n) is 15.3. The van der Waals surface area contributed by atoms with E-state index in [1.165, 1.54) is 0 Å². The molecule has 2 aromatic heterocycles. The first kappa shape index (κ1) is 17.6. The van der Waals surface area contributed by atoms with Gasteiger partial charge in [0, 0.05) is 29.4 Å². The summed E-state index contributed by atoms with van der Waals surface area (Å²) < 4.78 is 7.42. The van der Waals surface area contributed by atoms with Crippen LogP contribution in [0.25, 0.3) is 0 Å². The molecule has 3 rings (SSSR count). The smallest absolute Gasteiger partial charge is 0.229 e. The SMILES string of the molecule is C=CCn1c(C)cc(C(=O)CN2CCC(c3nc(C)no3)CC2)c1C. The molecule has 6 heteroatoms. The lowest BCUT2D eigenvalue weighted by Gasteiger charge is -2.29. The molecule has 0 radical (unpaired) electrons. The monoisotopic (exact) mass is 342 g/mol. The van der Waals surface area contributed by atoms with Crippen LogP contribution in [0, 0.1) is 20.8 Å². The van der Waals surface area contributed by atoms with Gasteiger partial charge in [0.25, 0.3) is 0 Å². The van der Waals surface area contributed by atoms with Crippen LogP contribution in [0.4, 0.5) is 0 Å². The molecule has 0 amide bonds. The molecule has 1 aliphatic heterocycles. The number of Topliss-reactive ketones (excluding diaryl/α,β-unsaturated/α-hetero) is 1. The fourth-order valence-corrected chi connectivity index (χ4v) is 3.60. The van der Waals surface area contributed by atoms with E-state index in [1.807, 2.05) is 32.9 Å². The largest absolute Gasteiger partial charge is 0.345 e. The molecule has 0 atom stereocenters. The molecule has 25 heavy (non-hydrogen) atoms. The Bertz CT molecular complexity index is 766. The van der Waals surface area contributed by atoms with Gasteiger partial charge in [-0.1, -0.05) is 11.2 Å². The molecule has 3 heterocycles. The van der Waals surface area contributed by atoms with Gasteiger partial charge in [-0.15, -0.1) is 6.58 Å². The maximum Gasteiger partial charge on any atom is 0.229 e. The number of hydrogen-bond donors (Lipinski definition) is 0. The molecule has 0 spiro atoms. The lowest BCUT2D eigenvalue weighted by Crippen LogP contribution is -2.37. The number of carbonyl (C=O) groups excluding carboxylic acids is 1. The second kappa shape index (κ2) is 7.35. The topological polar surface area (TPSA) is 64.2 Å². The summed E-state index contributed by atoms with van der Waals surface area (Å²) in [5.74, 6) is 1.92. The van der Waals surface area contributed by atoms with Gasteiger partial charge < -0.3 is 9.09 Å². The van der Waals surface area contributed by atoms with Crippen LogP contribution in [-0.4, -0.2) is 45.0 Å².